The van der Waals surface area contributed by atoms with Gasteiger partial charge < -0.3 is 10.1 Å². The molecule has 3 aliphatic rings. The van der Waals surface area contributed by atoms with Gasteiger partial charge in [0.15, 0.2) is 6.61 Å². The van der Waals surface area contributed by atoms with E-state index < -0.39 is 24.5 Å². The number of hydrogen-bond donors (Lipinski definition) is 1. The standard InChI is InChI=1S/C28H29BrN2O5/c1-15-16(2)21(11-10-20(15)29)30-23(32)14-36-28(35)22(12-17-6-4-3-5-7-17)31-26(33)24-18-8-9-19(13-18)25(24)27(31)34/h3-7,10-11,18-19,22,24-25H,8-9,12-14H2,1-2H3,(H,30,32)/t18-,19-,22-,24+,25+/m0/s1. The first-order valence-electron chi connectivity index (χ1n) is 12.4. The molecule has 5 atom stereocenters. The quantitative estimate of drug-likeness (QED) is 0.410. The second kappa shape index (κ2) is 9.81. The lowest BCUT2D eigenvalue weighted by molar-refractivity contribution is -0.160. The molecule has 2 bridgehead atoms. The van der Waals surface area contributed by atoms with Crippen molar-refractivity contribution < 1.29 is 23.9 Å². The van der Waals surface area contributed by atoms with E-state index in [1.165, 1.54) is 0 Å². The third-order valence-electron chi connectivity index (χ3n) is 8.16. The number of fused-ring (bicyclic) bond motifs is 5. The number of nitrogens with zero attached hydrogens (tertiary/aromatic N) is 1. The van der Waals surface area contributed by atoms with Crippen molar-refractivity contribution in [3.8, 4) is 0 Å². The van der Waals surface area contributed by atoms with Gasteiger partial charge in [0.2, 0.25) is 11.8 Å². The molecule has 3 fully saturated rings. The lowest BCUT2D eigenvalue weighted by atomic mass is 9.81. The number of ether oxygens (including phenoxy) is 1. The Hall–Kier alpha value is -3.00. The Morgan fingerprint density at radius 3 is 2.28 bits per heavy atom. The number of hydrogen-bond acceptors (Lipinski definition) is 5. The summed E-state index contributed by atoms with van der Waals surface area (Å²) in [5.74, 6) is -1.96. The van der Waals surface area contributed by atoms with Gasteiger partial charge >= 0.3 is 5.97 Å². The predicted octanol–water partition coefficient (Wildman–Crippen LogP) is 4.19. The number of likely N-dealkylation sites (tertiary alicyclic amines) is 1. The summed E-state index contributed by atoms with van der Waals surface area (Å²) in [6.45, 7) is 3.33. The van der Waals surface area contributed by atoms with Crippen molar-refractivity contribution in [3.63, 3.8) is 0 Å². The van der Waals surface area contributed by atoms with Gasteiger partial charge in [-0.2, -0.15) is 0 Å². The van der Waals surface area contributed by atoms with Crippen LogP contribution in [0.2, 0.25) is 0 Å². The summed E-state index contributed by atoms with van der Waals surface area (Å²) < 4.78 is 6.33. The number of anilines is 1. The van der Waals surface area contributed by atoms with E-state index in [4.69, 9.17) is 4.74 Å². The van der Waals surface area contributed by atoms with E-state index in [-0.39, 0.29) is 41.9 Å². The minimum Gasteiger partial charge on any atom is -0.454 e. The molecule has 2 aliphatic carbocycles. The number of benzene rings is 2. The summed E-state index contributed by atoms with van der Waals surface area (Å²) in [7, 11) is 0. The Bertz CT molecular complexity index is 1200. The minimum atomic E-state index is -1.10. The highest BCUT2D eigenvalue weighted by atomic mass is 79.9. The highest BCUT2D eigenvalue weighted by Gasteiger charge is 2.62. The molecular formula is C28H29BrN2O5. The van der Waals surface area contributed by atoms with Crippen LogP contribution < -0.4 is 5.32 Å². The van der Waals surface area contributed by atoms with E-state index in [1.54, 1.807) is 6.07 Å². The molecule has 5 rings (SSSR count). The number of imide groups is 1. The molecule has 0 radical (unpaired) electrons. The Labute approximate surface area is 218 Å². The van der Waals surface area contributed by atoms with Crippen molar-refractivity contribution in [1.82, 2.24) is 4.90 Å². The van der Waals surface area contributed by atoms with Crippen LogP contribution in [-0.4, -0.2) is 41.2 Å². The fourth-order valence-corrected chi connectivity index (χ4v) is 6.63. The summed E-state index contributed by atoms with van der Waals surface area (Å²) in [4.78, 5) is 53.9. The molecule has 188 valence electrons. The number of nitrogens with one attached hydrogen (secondary N) is 1. The highest BCUT2D eigenvalue weighted by Crippen LogP contribution is 2.56. The maximum atomic E-state index is 13.4. The van der Waals surface area contributed by atoms with Crippen LogP contribution in [0.3, 0.4) is 0 Å². The number of amides is 3. The van der Waals surface area contributed by atoms with Crippen molar-refractivity contribution in [2.24, 2.45) is 23.7 Å². The first kappa shape index (κ1) is 24.7. The molecule has 1 N–H and O–H groups in total. The minimum absolute atomic E-state index is 0.151. The zero-order chi connectivity index (χ0) is 25.6. The van der Waals surface area contributed by atoms with Crippen molar-refractivity contribution in [1.29, 1.82) is 0 Å². The van der Waals surface area contributed by atoms with Crippen molar-refractivity contribution in [2.75, 3.05) is 11.9 Å². The normalized spacial score (nSPS) is 25.1. The van der Waals surface area contributed by atoms with Crippen LogP contribution in [0.5, 0.6) is 0 Å². The van der Waals surface area contributed by atoms with Crippen molar-refractivity contribution >= 4 is 45.3 Å². The zero-order valence-electron chi connectivity index (χ0n) is 20.3. The third-order valence-corrected chi connectivity index (χ3v) is 9.02. The fraction of sp³-hybridized carbons (Fsp3) is 0.429. The molecule has 2 saturated carbocycles. The van der Waals surface area contributed by atoms with Crippen LogP contribution in [0, 0.1) is 37.5 Å². The Morgan fingerprint density at radius 2 is 1.64 bits per heavy atom. The molecule has 8 heteroatoms. The van der Waals surface area contributed by atoms with E-state index in [1.807, 2.05) is 50.2 Å². The van der Waals surface area contributed by atoms with Gasteiger partial charge in [0.1, 0.15) is 6.04 Å². The molecule has 3 amide bonds. The lowest BCUT2D eigenvalue weighted by Crippen LogP contribution is -2.48. The van der Waals surface area contributed by atoms with Gasteiger partial charge in [0.25, 0.3) is 5.91 Å². The monoisotopic (exact) mass is 552 g/mol. The van der Waals surface area contributed by atoms with Gasteiger partial charge in [-0.25, -0.2) is 4.79 Å². The molecule has 1 saturated heterocycles. The van der Waals surface area contributed by atoms with Crippen LogP contribution in [-0.2, 0) is 30.3 Å². The van der Waals surface area contributed by atoms with E-state index in [9.17, 15) is 19.2 Å². The van der Waals surface area contributed by atoms with Crippen molar-refractivity contribution in [2.45, 2.75) is 45.6 Å². The lowest BCUT2D eigenvalue weighted by Gasteiger charge is -2.26. The second-order valence-electron chi connectivity index (χ2n) is 10.1. The average molecular weight is 553 g/mol. The highest BCUT2D eigenvalue weighted by molar-refractivity contribution is 9.10. The largest absolute Gasteiger partial charge is 0.454 e. The number of esters is 1. The SMILES string of the molecule is Cc1c(Br)ccc(NC(=O)COC(=O)[C@H](Cc2ccccc2)N2C(=O)[C@@H]3[C@H]4CC[C@@H](C4)[C@H]3C2=O)c1C. The van der Waals surface area contributed by atoms with Gasteiger partial charge in [-0.3, -0.25) is 19.3 Å². The molecule has 2 aromatic carbocycles. The molecule has 2 aromatic rings. The number of carbonyl (C=O) groups excluding carboxylic acids is 4. The Balaban J connectivity index is 1.32. The average Bonchev–Trinajstić information content (AvgIpc) is 3.56. The predicted molar refractivity (Wildman–Crippen MR) is 137 cm³/mol. The zero-order valence-corrected chi connectivity index (χ0v) is 21.9. The first-order chi connectivity index (χ1) is 17.3. The number of halogens is 1. The summed E-state index contributed by atoms with van der Waals surface area (Å²) in [6.07, 6.45) is 2.99. The summed E-state index contributed by atoms with van der Waals surface area (Å²) in [5.41, 5.74) is 3.34. The molecule has 0 spiro atoms. The molecule has 1 aliphatic heterocycles. The molecule has 36 heavy (non-hydrogen) atoms. The van der Waals surface area contributed by atoms with Crippen LogP contribution in [0.4, 0.5) is 5.69 Å². The van der Waals surface area contributed by atoms with Gasteiger partial charge in [-0.05, 0) is 73.8 Å². The third kappa shape index (κ3) is 4.36. The maximum absolute atomic E-state index is 13.4. The maximum Gasteiger partial charge on any atom is 0.330 e. The number of rotatable bonds is 7. The molecular weight excluding hydrogens is 524 g/mol. The summed E-state index contributed by atoms with van der Waals surface area (Å²) in [5, 5.41) is 2.78. The smallest absolute Gasteiger partial charge is 0.330 e. The summed E-state index contributed by atoms with van der Waals surface area (Å²) >= 11 is 3.47. The Morgan fingerprint density at radius 1 is 1.00 bits per heavy atom. The van der Waals surface area contributed by atoms with Crippen LogP contribution in [0.25, 0.3) is 0 Å². The molecule has 1 heterocycles. The van der Waals surface area contributed by atoms with Gasteiger partial charge in [0, 0.05) is 16.6 Å². The van der Waals surface area contributed by atoms with E-state index in [2.05, 4.69) is 21.2 Å². The molecule has 7 nitrogen and oxygen atoms in total. The number of carbonyl (C=O) groups is 4. The van der Waals surface area contributed by atoms with Gasteiger partial charge in [-0.15, -0.1) is 0 Å². The van der Waals surface area contributed by atoms with Crippen LogP contribution in [0.1, 0.15) is 36.0 Å². The molecule has 0 unspecified atom stereocenters. The topological polar surface area (TPSA) is 92.8 Å². The first-order valence-corrected chi connectivity index (χ1v) is 13.2. The van der Waals surface area contributed by atoms with Gasteiger partial charge in [0.05, 0.1) is 11.8 Å². The van der Waals surface area contributed by atoms with Gasteiger partial charge in [-0.1, -0.05) is 46.3 Å². The van der Waals surface area contributed by atoms with E-state index >= 15 is 0 Å². The summed E-state index contributed by atoms with van der Waals surface area (Å²) in [6, 6.07) is 11.8. The van der Waals surface area contributed by atoms with Crippen LogP contribution >= 0.6 is 15.9 Å². The fourth-order valence-electron chi connectivity index (χ4n) is 6.20. The van der Waals surface area contributed by atoms with E-state index in [0.717, 1.165) is 45.3 Å². The Kier molecular flexibility index (Phi) is 6.72. The second-order valence-corrected chi connectivity index (χ2v) is 11.0. The van der Waals surface area contributed by atoms with E-state index in [0.29, 0.717) is 5.69 Å². The van der Waals surface area contributed by atoms with Crippen molar-refractivity contribution in [3.05, 3.63) is 63.6 Å². The van der Waals surface area contributed by atoms with Crippen LogP contribution in [0.15, 0.2) is 46.9 Å². The molecule has 0 aromatic heterocycles.